The lowest BCUT2D eigenvalue weighted by atomic mass is 10.1. The third-order valence-corrected chi connectivity index (χ3v) is 6.04. The van der Waals surface area contributed by atoms with E-state index in [2.05, 4.69) is 10.9 Å². The zero-order valence-corrected chi connectivity index (χ0v) is 17.9. The number of rotatable bonds is 5. The Labute approximate surface area is 187 Å². The van der Waals surface area contributed by atoms with Crippen molar-refractivity contribution < 1.29 is 23.5 Å². The Balaban J connectivity index is 1.31. The van der Waals surface area contributed by atoms with Crippen molar-refractivity contribution >= 4 is 34.7 Å². The summed E-state index contributed by atoms with van der Waals surface area (Å²) >= 11 is 1.23. The first-order valence-corrected chi connectivity index (χ1v) is 10.8. The number of hydrogen-bond acceptors (Lipinski definition) is 5. The van der Waals surface area contributed by atoms with Crippen LogP contribution in [0.5, 0.6) is 5.75 Å². The van der Waals surface area contributed by atoms with Gasteiger partial charge in [0.25, 0.3) is 11.8 Å². The molecule has 0 bridgehead atoms. The molecule has 3 aromatic rings. The molecule has 0 saturated heterocycles. The molecular weight excluding hydrogens is 433 g/mol. The van der Waals surface area contributed by atoms with Gasteiger partial charge in [0.05, 0.1) is 10.6 Å². The lowest BCUT2D eigenvalue weighted by Gasteiger charge is -2.32. The van der Waals surface area contributed by atoms with Gasteiger partial charge in [0.2, 0.25) is 5.91 Å². The number of para-hydroxylation sites is 2. The number of anilines is 1. The number of thiophene rings is 1. The SMILES string of the molecule is CC1Oc2ccccc2N(CCC(=O)NNC(=O)c2ccc(-c3ccc(F)cc3)s2)C1=O. The van der Waals surface area contributed by atoms with Crippen molar-refractivity contribution in [1.82, 2.24) is 10.9 Å². The maximum absolute atomic E-state index is 13.1. The summed E-state index contributed by atoms with van der Waals surface area (Å²) in [6, 6.07) is 16.5. The number of hydrazine groups is 1. The highest BCUT2D eigenvalue weighted by Crippen LogP contribution is 2.33. The lowest BCUT2D eigenvalue weighted by molar-refractivity contribution is -0.125. The number of nitrogens with one attached hydrogen (secondary N) is 2. The molecule has 3 amide bonds. The van der Waals surface area contributed by atoms with Crippen molar-refractivity contribution in [3.63, 3.8) is 0 Å². The number of carbonyl (C=O) groups excluding carboxylic acids is 3. The van der Waals surface area contributed by atoms with Gasteiger partial charge in [-0.2, -0.15) is 0 Å². The maximum Gasteiger partial charge on any atom is 0.279 e. The van der Waals surface area contributed by atoms with Crippen LogP contribution < -0.4 is 20.5 Å². The zero-order valence-electron chi connectivity index (χ0n) is 17.1. The summed E-state index contributed by atoms with van der Waals surface area (Å²) in [5, 5.41) is 0. The standard InChI is InChI=1S/C23H20FN3O4S/c1-14-23(30)27(17-4-2-3-5-18(17)31-14)13-12-21(28)25-26-22(29)20-11-10-19(32-20)15-6-8-16(24)9-7-15/h2-11,14H,12-13H2,1H3,(H,25,28)(H,26,29). The van der Waals surface area contributed by atoms with Crippen molar-refractivity contribution in [2.45, 2.75) is 19.4 Å². The fraction of sp³-hybridized carbons (Fsp3) is 0.174. The molecule has 7 nitrogen and oxygen atoms in total. The van der Waals surface area contributed by atoms with E-state index < -0.39 is 17.9 Å². The van der Waals surface area contributed by atoms with Gasteiger partial charge in [0.1, 0.15) is 11.6 Å². The highest BCUT2D eigenvalue weighted by molar-refractivity contribution is 7.17. The third kappa shape index (κ3) is 4.62. The van der Waals surface area contributed by atoms with Crippen molar-refractivity contribution in [3.05, 3.63) is 71.4 Å². The smallest absolute Gasteiger partial charge is 0.279 e. The first kappa shape index (κ1) is 21.5. The number of benzene rings is 2. The summed E-state index contributed by atoms with van der Waals surface area (Å²) in [4.78, 5) is 39.8. The summed E-state index contributed by atoms with van der Waals surface area (Å²) < 4.78 is 18.7. The predicted molar refractivity (Wildman–Crippen MR) is 119 cm³/mol. The van der Waals surface area contributed by atoms with E-state index in [0.717, 1.165) is 10.4 Å². The molecule has 0 fully saturated rings. The molecule has 32 heavy (non-hydrogen) atoms. The minimum absolute atomic E-state index is 0.00164. The number of carbonyl (C=O) groups is 3. The van der Waals surface area contributed by atoms with Crippen molar-refractivity contribution in [1.29, 1.82) is 0 Å². The Morgan fingerprint density at radius 2 is 1.81 bits per heavy atom. The van der Waals surface area contributed by atoms with E-state index in [-0.39, 0.29) is 24.7 Å². The largest absolute Gasteiger partial charge is 0.479 e. The Kier molecular flexibility index (Phi) is 6.18. The molecule has 2 aromatic carbocycles. The van der Waals surface area contributed by atoms with Crippen LogP contribution in [0.4, 0.5) is 10.1 Å². The molecule has 1 aromatic heterocycles. The van der Waals surface area contributed by atoms with Gasteiger partial charge in [-0.15, -0.1) is 11.3 Å². The van der Waals surface area contributed by atoms with E-state index in [1.807, 2.05) is 6.07 Å². The quantitative estimate of drug-likeness (QED) is 0.579. The number of amides is 3. The van der Waals surface area contributed by atoms with Crippen LogP contribution in [-0.4, -0.2) is 30.4 Å². The Hall–Kier alpha value is -3.72. The van der Waals surface area contributed by atoms with Crippen LogP contribution >= 0.6 is 11.3 Å². The van der Waals surface area contributed by atoms with E-state index in [1.54, 1.807) is 49.4 Å². The van der Waals surface area contributed by atoms with Crippen LogP contribution in [0.3, 0.4) is 0 Å². The van der Waals surface area contributed by atoms with E-state index >= 15 is 0 Å². The first-order chi connectivity index (χ1) is 15.4. The van der Waals surface area contributed by atoms with E-state index in [4.69, 9.17) is 4.74 Å². The van der Waals surface area contributed by atoms with E-state index in [9.17, 15) is 18.8 Å². The number of nitrogens with zero attached hydrogens (tertiary/aromatic N) is 1. The molecule has 1 atom stereocenters. The molecule has 0 aliphatic carbocycles. The number of fused-ring (bicyclic) bond motifs is 1. The van der Waals surface area contributed by atoms with Gasteiger partial charge in [-0.05, 0) is 48.9 Å². The monoisotopic (exact) mass is 453 g/mol. The molecule has 164 valence electrons. The van der Waals surface area contributed by atoms with Crippen molar-refractivity contribution in [2.75, 3.05) is 11.4 Å². The van der Waals surface area contributed by atoms with Gasteiger partial charge in [-0.25, -0.2) is 4.39 Å². The van der Waals surface area contributed by atoms with Gasteiger partial charge in [0, 0.05) is 17.8 Å². The maximum atomic E-state index is 13.1. The third-order valence-electron chi connectivity index (χ3n) is 4.91. The van der Waals surface area contributed by atoms with E-state index in [1.165, 1.54) is 28.4 Å². The average Bonchev–Trinajstić information content (AvgIpc) is 3.28. The number of halogens is 1. The van der Waals surface area contributed by atoms with Crippen molar-refractivity contribution in [3.8, 4) is 16.2 Å². The summed E-state index contributed by atoms with van der Waals surface area (Å²) in [5.74, 6) is -0.866. The summed E-state index contributed by atoms with van der Waals surface area (Å²) in [6.45, 7) is 1.81. The molecule has 0 spiro atoms. The summed E-state index contributed by atoms with van der Waals surface area (Å²) in [5.41, 5.74) is 6.17. The number of hydrogen-bond donors (Lipinski definition) is 2. The minimum atomic E-state index is -0.637. The van der Waals surface area contributed by atoms with Gasteiger partial charge < -0.3 is 9.64 Å². The van der Waals surface area contributed by atoms with Crippen molar-refractivity contribution in [2.24, 2.45) is 0 Å². The predicted octanol–water partition coefficient (Wildman–Crippen LogP) is 3.52. The summed E-state index contributed by atoms with van der Waals surface area (Å²) in [6.07, 6.45) is -0.639. The topological polar surface area (TPSA) is 87.7 Å². The van der Waals surface area contributed by atoms with E-state index in [0.29, 0.717) is 16.3 Å². The van der Waals surface area contributed by atoms with Crippen LogP contribution in [0.1, 0.15) is 23.0 Å². The Morgan fingerprint density at radius 1 is 1.06 bits per heavy atom. The Bertz CT molecular complexity index is 1160. The van der Waals surface area contributed by atoms with Gasteiger partial charge >= 0.3 is 0 Å². The lowest BCUT2D eigenvalue weighted by Crippen LogP contribution is -2.47. The fourth-order valence-electron chi connectivity index (χ4n) is 3.28. The van der Waals surface area contributed by atoms with Crippen LogP contribution in [0.25, 0.3) is 10.4 Å². The molecular formula is C23H20FN3O4S. The summed E-state index contributed by atoms with van der Waals surface area (Å²) in [7, 11) is 0. The zero-order chi connectivity index (χ0) is 22.7. The Morgan fingerprint density at radius 3 is 2.59 bits per heavy atom. The second-order valence-corrected chi connectivity index (χ2v) is 8.22. The van der Waals surface area contributed by atoms with Crippen LogP contribution in [0.15, 0.2) is 60.7 Å². The molecule has 1 unspecified atom stereocenters. The molecule has 9 heteroatoms. The van der Waals surface area contributed by atoms with Crippen LogP contribution in [-0.2, 0) is 9.59 Å². The van der Waals surface area contributed by atoms with Gasteiger partial charge in [-0.1, -0.05) is 24.3 Å². The molecule has 2 N–H and O–H groups in total. The fourth-order valence-corrected chi connectivity index (χ4v) is 4.19. The minimum Gasteiger partial charge on any atom is -0.479 e. The first-order valence-electron chi connectivity index (χ1n) is 9.94. The second-order valence-electron chi connectivity index (χ2n) is 7.14. The van der Waals surface area contributed by atoms with Gasteiger partial charge in [-0.3, -0.25) is 25.2 Å². The normalized spacial score (nSPS) is 15.0. The second kappa shape index (κ2) is 9.19. The average molecular weight is 453 g/mol. The molecule has 0 saturated carbocycles. The molecule has 1 aliphatic rings. The molecule has 2 heterocycles. The molecule has 1 aliphatic heterocycles. The highest BCUT2D eigenvalue weighted by Gasteiger charge is 2.31. The molecule has 4 rings (SSSR count). The highest BCUT2D eigenvalue weighted by atomic mass is 32.1. The van der Waals surface area contributed by atoms with Gasteiger partial charge in [0.15, 0.2) is 6.10 Å². The number of ether oxygens (including phenoxy) is 1. The van der Waals surface area contributed by atoms with Crippen LogP contribution in [0.2, 0.25) is 0 Å². The van der Waals surface area contributed by atoms with Crippen LogP contribution in [0, 0.1) is 5.82 Å². The molecule has 0 radical (unpaired) electrons.